The number of ether oxygens (including phenoxy) is 1. The zero-order chi connectivity index (χ0) is 18.6. The first-order valence-electron chi connectivity index (χ1n) is 7.40. The maximum Gasteiger partial charge on any atom is 0.243 e. The average Bonchev–Trinajstić information content (AvgIpc) is 2.56. The molecule has 2 aromatic carbocycles. The molecule has 2 rings (SSSR count). The van der Waals surface area contributed by atoms with Crippen LogP contribution in [0.4, 0.5) is 5.69 Å². The number of likely N-dealkylation sites (N-methyl/N-ethyl adjacent to an activating group) is 1. The van der Waals surface area contributed by atoms with E-state index in [1.54, 1.807) is 37.3 Å². The zero-order valence-corrected chi connectivity index (χ0v) is 16.5. The molecule has 0 aliphatic rings. The molecule has 0 atom stereocenters. The van der Waals surface area contributed by atoms with Gasteiger partial charge in [0.2, 0.25) is 15.9 Å². The number of hydrogen-bond donors (Lipinski definition) is 1. The minimum Gasteiger partial charge on any atom is -0.496 e. The van der Waals surface area contributed by atoms with E-state index in [1.807, 2.05) is 0 Å². The molecule has 8 heteroatoms. The number of anilines is 1. The lowest BCUT2D eigenvalue weighted by Gasteiger charge is -2.17. The Morgan fingerprint density at radius 2 is 1.84 bits per heavy atom. The van der Waals surface area contributed by atoms with Crippen molar-refractivity contribution >= 4 is 37.5 Å². The van der Waals surface area contributed by atoms with Crippen molar-refractivity contribution < 1.29 is 17.9 Å². The van der Waals surface area contributed by atoms with E-state index in [4.69, 9.17) is 4.74 Å². The Kier molecular flexibility index (Phi) is 6.21. The molecule has 134 valence electrons. The van der Waals surface area contributed by atoms with Crippen LogP contribution in [-0.4, -0.2) is 39.3 Å². The van der Waals surface area contributed by atoms with Gasteiger partial charge in [-0.3, -0.25) is 4.79 Å². The minimum absolute atomic E-state index is 0.116. The molecule has 6 nitrogen and oxygen atoms in total. The first-order chi connectivity index (χ1) is 11.7. The fourth-order valence-corrected chi connectivity index (χ4v) is 3.69. The predicted molar refractivity (Wildman–Crippen MR) is 100 cm³/mol. The van der Waals surface area contributed by atoms with Crippen molar-refractivity contribution in [2.75, 3.05) is 26.0 Å². The predicted octanol–water partition coefficient (Wildman–Crippen LogP) is 3.03. The van der Waals surface area contributed by atoms with Gasteiger partial charge in [-0.05, 0) is 55.0 Å². The van der Waals surface area contributed by atoms with Gasteiger partial charge in [0.05, 0.1) is 18.6 Å². The fourth-order valence-electron chi connectivity index (χ4n) is 2.21. The molecule has 2 aromatic rings. The van der Waals surface area contributed by atoms with Crippen molar-refractivity contribution in [3.05, 3.63) is 52.5 Å². The molecule has 0 unspecified atom stereocenters. The van der Waals surface area contributed by atoms with Crippen molar-refractivity contribution in [1.82, 2.24) is 4.31 Å². The van der Waals surface area contributed by atoms with E-state index >= 15 is 0 Å². The summed E-state index contributed by atoms with van der Waals surface area (Å²) in [6.07, 6.45) is 0. The van der Waals surface area contributed by atoms with E-state index in [2.05, 4.69) is 21.2 Å². The highest BCUT2D eigenvalue weighted by Crippen LogP contribution is 2.23. The third kappa shape index (κ3) is 4.81. The molecule has 0 aliphatic heterocycles. The van der Waals surface area contributed by atoms with Gasteiger partial charge in [0.1, 0.15) is 5.75 Å². The molecule has 0 saturated heterocycles. The van der Waals surface area contributed by atoms with Crippen molar-refractivity contribution in [2.24, 2.45) is 0 Å². The lowest BCUT2D eigenvalue weighted by atomic mass is 10.2. The summed E-state index contributed by atoms with van der Waals surface area (Å²) in [5.74, 6) is 0.188. The number of amides is 1. The van der Waals surface area contributed by atoms with E-state index in [0.29, 0.717) is 17.0 Å². The van der Waals surface area contributed by atoms with E-state index in [0.717, 1.165) is 8.78 Å². The van der Waals surface area contributed by atoms with Crippen LogP contribution in [0, 0.1) is 6.92 Å². The fraction of sp³-hybridized carbons (Fsp3) is 0.235. The molecule has 0 saturated carbocycles. The van der Waals surface area contributed by atoms with Crippen molar-refractivity contribution in [3.63, 3.8) is 0 Å². The van der Waals surface area contributed by atoms with Crippen LogP contribution in [0.3, 0.4) is 0 Å². The molecule has 0 fully saturated rings. The van der Waals surface area contributed by atoms with Crippen LogP contribution in [0.5, 0.6) is 5.75 Å². The van der Waals surface area contributed by atoms with Crippen LogP contribution in [-0.2, 0) is 14.8 Å². The summed E-state index contributed by atoms with van der Waals surface area (Å²) in [6.45, 7) is 1.47. The molecular weight excluding hydrogens is 408 g/mol. The van der Waals surface area contributed by atoms with Gasteiger partial charge in [0.15, 0.2) is 0 Å². The highest BCUT2D eigenvalue weighted by Gasteiger charge is 2.23. The molecule has 25 heavy (non-hydrogen) atoms. The van der Waals surface area contributed by atoms with Gasteiger partial charge in [0, 0.05) is 17.2 Å². The molecule has 0 radical (unpaired) electrons. The van der Waals surface area contributed by atoms with E-state index in [1.165, 1.54) is 26.3 Å². The topological polar surface area (TPSA) is 75.7 Å². The van der Waals surface area contributed by atoms with E-state index < -0.39 is 15.9 Å². The summed E-state index contributed by atoms with van der Waals surface area (Å²) in [4.78, 5) is 12.2. The number of rotatable bonds is 6. The maximum atomic E-state index is 12.6. The molecule has 0 spiro atoms. The highest BCUT2D eigenvalue weighted by molar-refractivity contribution is 9.10. The lowest BCUT2D eigenvalue weighted by molar-refractivity contribution is -0.116. The average molecular weight is 427 g/mol. The summed E-state index contributed by atoms with van der Waals surface area (Å²) >= 11 is 3.31. The van der Waals surface area contributed by atoms with Gasteiger partial charge in [-0.25, -0.2) is 8.42 Å². The first kappa shape index (κ1) is 19.4. The van der Waals surface area contributed by atoms with E-state index in [9.17, 15) is 13.2 Å². The number of nitrogens with zero attached hydrogens (tertiary/aromatic N) is 1. The summed E-state index contributed by atoms with van der Waals surface area (Å²) in [5.41, 5.74) is 1.30. The van der Waals surface area contributed by atoms with Crippen molar-refractivity contribution in [3.8, 4) is 5.75 Å². The second kappa shape index (κ2) is 7.99. The number of aryl methyl sites for hydroxylation is 1. The summed E-state index contributed by atoms with van der Waals surface area (Å²) in [5, 5.41) is 2.67. The number of methoxy groups -OCH3 is 1. The van der Waals surface area contributed by atoms with Gasteiger partial charge in [-0.15, -0.1) is 0 Å². The Bertz CT molecular complexity index is 867. The summed E-state index contributed by atoms with van der Waals surface area (Å²) < 4.78 is 32.3. The van der Waals surface area contributed by atoms with Gasteiger partial charge >= 0.3 is 0 Å². The van der Waals surface area contributed by atoms with Gasteiger partial charge in [-0.1, -0.05) is 15.9 Å². The quantitative estimate of drug-likeness (QED) is 0.769. The third-order valence-corrected chi connectivity index (χ3v) is 5.90. The number of carbonyl (C=O) groups excluding carboxylic acids is 1. The van der Waals surface area contributed by atoms with Gasteiger partial charge in [0.25, 0.3) is 0 Å². The normalized spacial score (nSPS) is 11.4. The van der Waals surface area contributed by atoms with Crippen LogP contribution in [0.1, 0.15) is 5.56 Å². The monoisotopic (exact) mass is 426 g/mol. The van der Waals surface area contributed by atoms with Crippen molar-refractivity contribution in [2.45, 2.75) is 11.8 Å². The highest BCUT2D eigenvalue weighted by atomic mass is 79.9. The van der Waals surface area contributed by atoms with Crippen LogP contribution < -0.4 is 10.1 Å². The zero-order valence-electron chi connectivity index (χ0n) is 14.1. The molecule has 0 aliphatic carbocycles. The standard InChI is InChI=1S/C17H19BrN2O4S/c1-12-10-15(8-9-16(12)24-3)25(22,23)20(2)11-17(21)19-14-6-4-13(18)5-7-14/h4-10H,11H2,1-3H3,(H,19,21). The second-order valence-corrected chi connectivity index (χ2v) is 8.41. The Morgan fingerprint density at radius 3 is 2.40 bits per heavy atom. The molecule has 0 bridgehead atoms. The third-order valence-electron chi connectivity index (χ3n) is 3.57. The number of halogens is 1. The number of benzene rings is 2. The van der Waals surface area contributed by atoms with Crippen LogP contribution in [0.2, 0.25) is 0 Å². The minimum atomic E-state index is -3.77. The Hall–Kier alpha value is -1.90. The largest absolute Gasteiger partial charge is 0.496 e. The van der Waals surface area contributed by atoms with Crippen LogP contribution in [0.15, 0.2) is 51.8 Å². The second-order valence-electron chi connectivity index (χ2n) is 5.45. The maximum absolute atomic E-state index is 12.6. The van der Waals surface area contributed by atoms with Gasteiger partial charge in [-0.2, -0.15) is 4.31 Å². The number of hydrogen-bond acceptors (Lipinski definition) is 4. The Balaban J connectivity index is 2.10. The molecule has 1 N–H and O–H groups in total. The van der Waals surface area contributed by atoms with Crippen LogP contribution >= 0.6 is 15.9 Å². The van der Waals surface area contributed by atoms with Crippen LogP contribution in [0.25, 0.3) is 0 Å². The molecule has 1 amide bonds. The molecule has 0 heterocycles. The molecule has 0 aromatic heterocycles. The van der Waals surface area contributed by atoms with Crippen molar-refractivity contribution in [1.29, 1.82) is 0 Å². The smallest absolute Gasteiger partial charge is 0.243 e. The number of nitrogens with one attached hydrogen (secondary N) is 1. The number of sulfonamides is 1. The van der Waals surface area contributed by atoms with E-state index in [-0.39, 0.29) is 11.4 Å². The molecular formula is C17H19BrN2O4S. The first-order valence-corrected chi connectivity index (χ1v) is 9.63. The summed E-state index contributed by atoms with van der Waals surface area (Å²) in [7, 11) is -0.877. The SMILES string of the molecule is COc1ccc(S(=O)(=O)N(C)CC(=O)Nc2ccc(Br)cc2)cc1C. The summed E-state index contributed by atoms with van der Waals surface area (Å²) in [6, 6.07) is 11.6. The lowest BCUT2D eigenvalue weighted by Crippen LogP contribution is -2.35. The van der Waals surface area contributed by atoms with Gasteiger partial charge < -0.3 is 10.1 Å². The Morgan fingerprint density at radius 1 is 1.20 bits per heavy atom. The number of carbonyl (C=O) groups is 1. The Labute approximate surface area is 156 Å².